The number of piperidine rings is 1. The Morgan fingerprint density at radius 2 is 1.94 bits per heavy atom. The van der Waals surface area contributed by atoms with E-state index in [1.165, 1.54) is 12.8 Å². The first-order valence-corrected chi connectivity index (χ1v) is 12.0. The summed E-state index contributed by atoms with van der Waals surface area (Å²) in [7, 11) is 0. The molecule has 0 amide bonds. The van der Waals surface area contributed by atoms with Gasteiger partial charge in [-0.15, -0.1) is 0 Å². The molecule has 0 aliphatic carbocycles. The van der Waals surface area contributed by atoms with E-state index in [4.69, 9.17) is 20.0 Å². The molecule has 3 aliphatic rings. The van der Waals surface area contributed by atoms with Crippen LogP contribution in [0.2, 0.25) is 0 Å². The van der Waals surface area contributed by atoms with Gasteiger partial charge in [0.15, 0.2) is 5.82 Å². The molecular weight excluding hydrogens is 418 g/mol. The van der Waals surface area contributed by atoms with Crippen molar-refractivity contribution in [2.75, 3.05) is 48.4 Å². The average Bonchev–Trinajstić information content (AvgIpc) is 3.33. The summed E-state index contributed by atoms with van der Waals surface area (Å²) in [5.41, 5.74) is 2.05. The minimum absolute atomic E-state index is 0.368. The number of nitrogens with zero attached hydrogens (tertiary/aromatic N) is 6. The van der Waals surface area contributed by atoms with E-state index in [1.54, 1.807) is 0 Å². The highest BCUT2D eigenvalue weighted by Gasteiger charge is 2.40. The number of morpholine rings is 1. The Balaban J connectivity index is 1.38. The van der Waals surface area contributed by atoms with Crippen molar-refractivity contribution in [3.05, 3.63) is 17.3 Å². The first-order valence-electron chi connectivity index (χ1n) is 12.0. The number of aryl methyl sites for hydroxylation is 1. The van der Waals surface area contributed by atoms with Crippen LogP contribution in [0.25, 0.3) is 0 Å². The van der Waals surface area contributed by atoms with Gasteiger partial charge in [-0.25, -0.2) is 0 Å². The maximum absolute atomic E-state index is 9.01. The summed E-state index contributed by atoms with van der Waals surface area (Å²) >= 11 is 0. The summed E-state index contributed by atoms with van der Waals surface area (Å²) in [6.45, 7) is 8.02. The average molecular weight is 452 g/mol. The second-order valence-corrected chi connectivity index (χ2v) is 9.35. The summed E-state index contributed by atoms with van der Waals surface area (Å²) in [4.78, 5) is 14.6. The van der Waals surface area contributed by atoms with Gasteiger partial charge in [0.2, 0.25) is 5.95 Å². The molecule has 5 heterocycles. The number of hydrogen-bond donors (Lipinski definition) is 3. The third-order valence-corrected chi connectivity index (χ3v) is 7.08. The fourth-order valence-corrected chi connectivity index (χ4v) is 5.51. The fraction of sp³-hybridized carbons (Fsp3) is 0.652. The van der Waals surface area contributed by atoms with Crippen molar-refractivity contribution in [3.8, 4) is 6.07 Å². The van der Waals surface area contributed by atoms with Crippen LogP contribution in [0.15, 0.2) is 6.07 Å². The lowest BCUT2D eigenvalue weighted by atomic mass is 9.97. The highest BCUT2D eigenvalue weighted by Crippen LogP contribution is 2.37. The Bertz CT molecular complexity index is 996. The SMILES string of the molecule is Cc1cc(Nc2nc(NC3CC4CCC(C3)N4CCC#N)c(C)c(N3CCOCC3)n2)n[nH]1. The van der Waals surface area contributed by atoms with E-state index in [0.717, 1.165) is 55.4 Å². The maximum Gasteiger partial charge on any atom is 0.232 e. The summed E-state index contributed by atoms with van der Waals surface area (Å²) in [6, 6.07) is 5.73. The van der Waals surface area contributed by atoms with Gasteiger partial charge in [-0.1, -0.05) is 0 Å². The van der Waals surface area contributed by atoms with E-state index >= 15 is 0 Å². The molecule has 10 heteroatoms. The van der Waals surface area contributed by atoms with Gasteiger partial charge in [-0.3, -0.25) is 10.00 Å². The Morgan fingerprint density at radius 1 is 1.18 bits per heavy atom. The Morgan fingerprint density at radius 3 is 2.61 bits per heavy atom. The van der Waals surface area contributed by atoms with Gasteiger partial charge in [0, 0.05) is 61.5 Å². The van der Waals surface area contributed by atoms with E-state index in [-0.39, 0.29) is 0 Å². The Labute approximate surface area is 194 Å². The molecule has 5 rings (SSSR count). The van der Waals surface area contributed by atoms with E-state index in [1.807, 2.05) is 13.0 Å². The van der Waals surface area contributed by atoms with Crippen molar-refractivity contribution >= 4 is 23.4 Å². The van der Waals surface area contributed by atoms with Crippen molar-refractivity contribution < 1.29 is 4.74 Å². The molecule has 2 unspecified atom stereocenters. The first kappa shape index (κ1) is 21.9. The second kappa shape index (κ2) is 9.53. The van der Waals surface area contributed by atoms with Crippen molar-refractivity contribution in [3.63, 3.8) is 0 Å². The van der Waals surface area contributed by atoms with E-state index in [0.29, 0.717) is 49.5 Å². The van der Waals surface area contributed by atoms with E-state index < -0.39 is 0 Å². The number of hydrogen-bond acceptors (Lipinski definition) is 9. The van der Waals surface area contributed by atoms with E-state index in [9.17, 15) is 0 Å². The molecule has 0 radical (unpaired) electrons. The summed E-state index contributed by atoms with van der Waals surface area (Å²) in [6.07, 6.45) is 5.22. The third kappa shape index (κ3) is 4.75. The van der Waals surface area contributed by atoms with Crippen LogP contribution in [-0.4, -0.2) is 76.0 Å². The number of fused-ring (bicyclic) bond motifs is 2. The minimum atomic E-state index is 0.368. The van der Waals surface area contributed by atoms with Crippen LogP contribution < -0.4 is 15.5 Å². The standard InChI is InChI=1S/C23H33N9O/c1-15-12-20(30-29-15)26-23-27-21(16(2)22(28-23)31-8-10-33-11-9-31)25-17-13-18-4-5-19(14-17)32(18)7-3-6-24/h12,17-19H,3-5,7-11,13-14H2,1-2H3,(H3,25,26,27,28,29,30). The molecule has 2 atom stereocenters. The zero-order chi connectivity index (χ0) is 22.8. The molecule has 3 N–H and O–H groups in total. The fourth-order valence-electron chi connectivity index (χ4n) is 5.51. The Kier molecular flexibility index (Phi) is 6.33. The van der Waals surface area contributed by atoms with Crippen molar-refractivity contribution in [2.45, 2.75) is 64.1 Å². The number of nitriles is 1. The zero-order valence-corrected chi connectivity index (χ0v) is 19.5. The van der Waals surface area contributed by atoms with Gasteiger partial charge in [0.05, 0.1) is 19.3 Å². The molecular formula is C23H33N9O. The summed E-state index contributed by atoms with van der Waals surface area (Å²) < 4.78 is 5.55. The monoisotopic (exact) mass is 451 g/mol. The van der Waals surface area contributed by atoms with Crippen LogP contribution in [0.4, 0.5) is 23.4 Å². The molecule has 0 saturated carbocycles. The van der Waals surface area contributed by atoms with Crippen LogP contribution >= 0.6 is 0 Å². The second-order valence-electron chi connectivity index (χ2n) is 9.35. The number of rotatable bonds is 7. The number of aromatic nitrogens is 4. The van der Waals surface area contributed by atoms with Crippen molar-refractivity contribution in [1.82, 2.24) is 25.1 Å². The van der Waals surface area contributed by atoms with Crippen LogP contribution in [0.1, 0.15) is 43.4 Å². The summed E-state index contributed by atoms with van der Waals surface area (Å²) in [5, 5.41) is 23.3. The molecule has 2 aromatic heterocycles. The lowest BCUT2D eigenvalue weighted by Gasteiger charge is -2.39. The molecule has 10 nitrogen and oxygen atoms in total. The van der Waals surface area contributed by atoms with Gasteiger partial charge in [0.1, 0.15) is 11.6 Å². The molecule has 3 aliphatic heterocycles. The van der Waals surface area contributed by atoms with Crippen LogP contribution in [0.5, 0.6) is 0 Å². The molecule has 0 aromatic carbocycles. The van der Waals surface area contributed by atoms with Gasteiger partial charge in [0.25, 0.3) is 0 Å². The van der Waals surface area contributed by atoms with Gasteiger partial charge >= 0.3 is 0 Å². The zero-order valence-electron chi connectivity index (χ0n) is 19.5. The van der Waals surface area contributed by atoms with Crippen LogP contribution in [0.3, 0.4) is 0 Å². The number of ether oxygens (including phenoxy) is 1. The molecule has 0 spiro atoms. The maximum atomic E-state index is 9.01. The third-order valence-electron chi connectivity index (χ3n) is 7.08. The predicted octanol–water partition coefficient (Wildman–Crippen LogP) is 2.72. The lowest BCUT2D eigenvalue weighted by Crippen LogP contribution is -2.47. The quantitative estimate of drug-likeness (QED) is 0.584. The van der Waals surface area contributed by atoms with Gasteiger partial charge in [-0.2, -0.15) is 20.3 Å². The van der Waals surface area contributed by atoms with E-state index in [2.05, 4.69) is 43.6 Å². The largest absolute Gasteiger partial charge is 0.378 e. The highest BCUT2D eigenvalue weighted by molar-refractivity contribution is 5.64. The number of aromatic amines is 1. The number of H-pyrrole nitrogens is 1. The smallest absolute Gasteiger partial charge is 0.232 e. The first-order chi connectivity index (χ1) is 16.1. The Hall–Kier alpha value is -2.90. The normalized spacial score (nSPS) is 25.1. The highest BCUT2D eigenvalue weighted by atomic mass is 16.5. The van der Waals surface area contributed by atoms with Gasteiger partial charge in [-0.05, 0) is 39.5 Å². The molecule has 176 valence electrons. The molecule has 3 saturated heterocycles. The minimum Gasteiger partial charge on any atom is -0.378 e. The van der Waals surface area contributed by atoms with Crippen LogP contribution in [-0.2, 0) is 4.74 Å². The molecule has 2 aromatic rings. The van der Waals surface area contributed by atoms with Crippen LogP contribution in [0, 0.1) is 25.2 Å². The summed E-state index contributed by atoms with van der Waals surface area (Å²) in [5.74, 6) is 3.08. The topological polar surface area (TPSA) is 118 Å². The van der Waals surface area contributed by atoms with Crippen molar-refractivity contribution in [2.24, 2.45) is 0 Å². The molecule has 33 heavy (non-hydrogen) atoms. The number of anilines is 4. The van der Waals surface area contributed by atoms with Gasteiger partial charge < -0.3 is 20.3 Å². The lowest BCUT2D eigenvalue weighted by molar-refractivity contribution is 0.122. The molecule has 2 bridgehead atoms. The molecule has 3 fully saturated rings. The predicted molar refractivity (Wildman–Crippen MR) is 127 cm³/mol. The number of nitrogens with one attached hydrogen (secondary N) is 3. The van der Waals surface area contributed by atoms with Crippen molar-refractivity contribution in [1.29, 1.82) is 5.26 Å².